The van der Waals surface area contributed by atoms with Crippen molar-refractivity contribution in [3.8, 4) is 11.5 Å². The van der Waals surface area contributed by atoms with Gasteiger partial charge in [0.2, 0.25) is 5.90 Å². The van der Waals surface area contributed by atoms with Gasteiger partial charge in [-0.05, 0) is 73.2 Å². The van der Waals surface area contributed by atoms with Crippen molar-refractivity contribution in [1.29, 1.82) is 0 Å². The van der Waals surface area contributed by atoms with E-state index in [-0.39, 0.29) is 17.3 Å². The molecule has 2 aromatic rings. The van der Waals surface area contributed by atoms with Crippen LogP contribution in [-0.4, -0.2) is 30.0 Å². The second-order valence-corrected chi connectivity index (χ2v) is 7.40. The number of aliphatic imine (C=N–C) groups is 1. The number of nitrogens with zero attached hydrogens (tertiary/aromatic N) is 2. The van der Waals surface area contributed by atoms with Crippen LogP contribution in [0.4, 0.5) is 5.69 Å². The maximum Gasteiger partial charge on any atom is 0.363 e. The molecule has 0 atom stereocenters. The monoisotopic (exact) mass is 522 g/mol. The summed E-state index contributed by atoms with van der Waals surface area (Å²) in [6, 6.07) is 8.17. The quantitative estimate of drug-likeness (QED) is 0.173. The number of carbonyl (C=O) groups excluding carboxylic acids is 1. The Labute approximate surface area is 186 Å². The number of benzene rings is 2. The van der Waals surface area contributed by atoms with Crippen molar-refractivity contribution < 1.29 is 23.9 Å². The van der Waals surface area contributed by atoms with Gasteiger partial charge >= 0.3 is 5.97 Å². The second-order valence-electron chi connectivity index (χ2n) is 6.24. The van der Waals surface area contributed by atoms with Crippen molar-refractivity contribution in [3.63, 3.8) is 0 Å². The third kappa shape index (κ3) is 4.45. The van der Waals surface area contributed by atoms with Gasteiger partial charge in [-0.3, -0.25) is 10.1 Å². The number of nitro groups is 1. The molecular formula is C21H19IN2O6. The topological polar surface area (TPSA) is 100 Å². The van der Waals surface area contributed by atoms with Gasteiger partial charge in [-0.15, -0.1) is 0 Å². The smallest absolute Gasteiger partial charge is 0.363 e. The molecule has 30 heavy (non-hydrogen) atoms. The molecule has 1 aliphatic rings. The van der Waals surface area contributed by atoms with Crippen molar-refractivity contribution in [2.45, 2.75) is 20.8 Å². The lowest BCUT2D eigenvalue weighted by molar-refractivity contribution is -0.385. The summed E-state index contributed by atoms with van der Waals surface area (Å²) in [6.45, 7) is 6.32. The molecule has 0 aliphatic carbocycles. The molecule has 0 bridgehead atoms. The number of hydrogen-bond donors (Lipinski definition) is 0. The van der Waals surface area contributed by atoms with E-state index in [1.807, 2.05) is 19.9 Å². The Balaban J connectivity index is 2.01. The molecule has 8 nitrogen and oxygen atoms in total. The lowest BCUT2D eigenvalue weighted by Crippen LogP contribution is -2.08. The number of hydrogen-bond acceptors (Lipinski definition) is 7. The molecule has 1 heterocycles. The Bertz CT molecular complexity index is 1080. The lowest BCUT2D eigenvalue weighted by atomic mass is 10.1. The average molecular weight is 522 g/mol. The van der Waals surface area contributed by atoms with Crippen molar-refractivity contribution in [2.24, 2.45) is 4.99 Å². The normalized spacial score (nSPS) is 14.5. The molecule has 9 heteroatoms. The zero-order chi connectivity index (χ0) is 21.8. The van der Waals surface area contributed by atoms with Crippen LogP contribution in [0.2, 0.25) is 0 Å². The number of esters is 1. The molecule has 0 unspecified atom stereocenters. The summed E-state index contributed by atoms with van der Waals surface area (Å²) in [4.78, 5) is 27.3. The van der Waals surface area contributed by atoms with Crippen LogP contribution < -0.4 is 9.47 Å². The Hall–Kier alpha value is -2.95. The average Bonchev–Trinajstić information content (AvgIpc) is 3.05. The van der Waals surface area contributed by atoms with Gasteiger partial charge in [0.25, 0.3) is 5.69 Å². The molecule has 0 radical (unpaired) electrons. The van der Waals surface area contributed by atoms with Gasteiger partial charge in [0.05, 0.1) is 21.7 Å². The SMILES string of the molecule is CCOc1cc(/C=C2\N=C(c3cccc([N+](=O)[O-])c3C)OC2=O)cc(I)c1OCC. The van der Waals surface area contributed by atoms with Crippen LogP contribution in [0.1, 0.15) is 30.5 Å². The number of cyclic esters (lactones) is 1. The molecule has 156 valence electrons. The molecule has 0 saturated heterocycles. The van der Waals surface area contributed by atoms with E-state index < -0.39 is 10.9 Å². The standard InChI is InChI=1S/C21H19IN2O6/c1-4-28-18-11-13(9-15(22)19(18)29-5-2)10-16-21(25)30-20(23-16)14-7-6-8-17(12(14)3)24(26)27/h6-11H,4-5H2,1-3H3/b16-10-. The molecule has 0 aromatic heterocycles. The number of nitro benzene ring substituents is 1. The van der Waals surface area contributed by atoms with Gasteiger partial charge in [0.15, 0.2) is 17.2 Å². The van der Waals surface area contributed by atoms with Gasteiger partial charge in [-0.2, -0.15) is 0 Å². The lowest BCUT2D eigenvalue weighted by Gasteiger charge is -2.13. The Morgan fingerprint density at radius 1 is 1.23 bits per heavy atom. The minimum atomic E-state index is -0.627. The van der Waals surface area contributed by atoms with Crippen LogP contribution in [0.25, 0.3) is 6.08 Å². The Morgan fingerprint density at radius 3 is 2.63 bits per heavy atom. The second kappa shape index (κ2) is 9.24. The molecule has 0 N–H and O–H groups in total. The van der Waals surface area contributed by atoms with Crippen LogP contribution in [-0.2, 0) is 9.53 Å². The molecule has 0 spiro atoms. The highest BCUT2D eigenvalue weighted by molar-refractivity contribution is 14.1. The predicted octanol–water partition coefficient (Wildman–Crippen LogP) is 4.65. The van der Waals surface area contributed by atoms with Gasteiger partial charge in [-0.25, -0.2) is 9.79 Å². The molecule has 0 amide bonds. The summed E-state index contributed by atoms with van der Waals surface area (Å²) < 4.78 is 17.4. The Morgan fingerprint density at radius 2 is 1.97 bits per heavy atom. The summed E-state index contributed by atoms with van der Waals surface area (Å²) in [5.41, 5.74) is 1.50. The van der Waals surface area contributed by atoms with Crippen LogP contribution in [0.15, 0.2) is 41.0 Å². The van der Waals surface area contributed by atoms with E-state index in [0.29, 0.717) is 41.4 Å². The van der Waals surface area contributed by atoms with Crippen molar-refractivity contribution in [1.82, 2.24) is 0 Å². The summed E-state index contributed by atoms with van der Waals surface area (Å²) in [5, 5.41) is 11.2. The fraction of sp³-hybridized carbons (Fsp3) is 0.238. The van der Waals surface area contributed by atoms with Crippen LogP contribution in [0, 0.1) is 20.6 Å². The number of carbonyl (C=O) groups is 1. The minimum absolute atomic E-state index is 0.0399. The highest BCUT2D eigenvalue weighted by Gasteiger charge is 2.27. The third-order valence-corrected chi connectivity index (χ3v) is 5.08. The van der Waals surface area contributed by atoms with Crippen LogP contribution in [0.5, 0.6) is 11.5 Å². The first kappa shape index (κ1) is 21.8. The molecule has 1 aliphatic heterocycles. The van der Waals surface area contributed by atoms with Crippen LogP contribution in [0.3, 0.4) is 0 Å². The summed E-state index contributed by atoms with van der Waals surface area (Å²) in [5.74, 6) is 0.631. The molecule has 0 saturated carbocycles. The van der Waals surface area contributed by atoms with Gasteiger partial charge in [-0.1, -0.05) is 6.07 Å². The van der Waals surface area contributed by atoms with Crippen molar-refractivity contribution in [2.75, 3.05) is 13.2 Å². The highest BCUT2D eigenvalue weighted by atomic mass is 127. The summed E-state index contributed by atoms with van der Waals surface area (Å²) in [7, 11) is 0. The summed E-state index contributed by atoms with van der Waals surface area (Å²) in [6.07, 6.45) is 1.59. The third-order valence-electron chi connectivity index (χ3n) is 4.28. The molecular weight excluding hydrogens is 503 g/mol. The minimum Gasteiger partial charge on any atom is -0.490 e. The highest BCUT2D eigenvalue weighted by Crippen LogP contribution is 2.35. The number of ether oxygens (including phenoxy) is 3. The molecule has 0 fully saturated rings. The predicted molar refractivity (Wildman–Crippen MR) is 120 cm³/mol. The maximum atomic E-state index is 12.4. The zero-order valence-corrected chi connectivity index (χ0v) is 18.8. The van der Waals surface area contributed by atoms with Gasteiger partial charge in [0.1, 0.15) is 0 Å². The maximum absolute atomic E-state index is 12.4. The first-order chi connectivity index (χ1) is 14.3. The molecule has 2 aromatic carbocycles. The van der Waals surface area contributed by atoms with Gasteiger partial charge in [0, 0.05) is 17.2 Å². The van der Waals surface area contributed by atoms with E-state index in [1.54, 1.807) is 25.1 Å². The first-order valence-electron chi connectivity index (χ1n) is 9.21. The summed E-state index contributed by atoms with van der Waals surface area (Å²) >= 11 is 2.14. The van der Waals surface area contributed by atoms with Crippen molar-refractivity contribution >= 4 is 46.2 Å². The van der Waals surface area contributed by atoms with Gasteiger partial charge < -0.3 is 14.2 Å². The first-order valence-corrected chi connectivity index (χ1v) is 10.3. The Kier molecular flexibility index (Phi) is 6.70. The van der Waals surface area contributed by atoms with E-state index in [1.165, 1.54) is 12.1 Å². The largest absolute Gasteiger partial charge is 0.490 e. The van der Waals surface area contributed by atoms with E-state index in [9.17, 15) is 14.9 Å². The van der Waals surface area contributed by atoms with Crippen molar-refractivity contribution in [3.05, 3.63) is 66.4 Å². The number of rotatable bonds is 7. The molecule has 3 rings (SSSR count). The van der Waals surface area contributed by atoms with Crippen LogP contribution >= 0.6 is 22.6 Å². The van der Waals surface area contributed by atoms with E-state index in [2.05, 4.69) is 27.6 Å². The fourth-order valence-electron chi connectivity index (χ4n) is 2.95. The van der Waals surface area contributed by atoms with E-state index >= 15 is 0 Å². The fourth-order valence-corrected chi connectivity index (χ4v) is 3.73. The van der Waals surface area contributed by atoms with E-state index in [4.69, 9.17) is 14.2 Å². The number of halogens is 1. The zero-order valence-electron chi connectivity index (χ0n) is 16.6. The van der Waals surface area contributed by atoms with E-state index in [0.717, 1.165) is 3.57 Å².